The van der Waals surface area contributed by atoms with Crippen molar-refractivity contribution in [1.82, 2.24) is 4.90 Å². The minimum absolute atomic E-state index is 0.0104. The number of rotatable bonds is 9. The maximum Gasteiger partial charge on any atom is 0.335 e. The Balaban J connectivity index is 3.15. The summed E-state index contributed by atoms with van der Waals surface area (Å²) in [4.78, 5) is 35.4. The number of hydrogen-bond acceptors (Lipinski definition) is 5. The van der Waals surface area contributed by atoms with Gasteiger partial charge in [-0.05, 0) is 12.5 Å². The van der Waals surface area contributed by atoms with Crippen molar-refractivity contribution in [3.8, 4) is 0 Å². The Bertz CT molecular complexity index is 547. The van der Waals surface area contributed by atoms with E-state index in [1.54, 1.807) is 0 Å². The van der Waals surface area contributed by atoms with E-state index in [1.807, 2.05) is 6.92 Å². The van der Waals surface area contributed by atoms with Gasteiger partial charge in [-0.1, -0.05) is 13.3 Å². The maximum absolute atomic E-state index is 12.6. The third-order valence-corrected chi connectivity index (χ3v) is 3.26. The van der Waals surface area contributed by atoms with Crippen LogP contribution < -0.4 is 0 Å². The summed E-state index contributed by atoms with van der Waals surface area (Å²) < 4.78 is 4.97. The van der Waals surface area contributed by atoms with Crippen molar-refractivity contribution in [2.24, 2.45) is 0 Å². The molecule has 1 N–H and O–H groups in total. The molecule has 0 saturated heterocycles. The van der Waals surface area contributed by atoms with Crippen LogP contribution in [0.15, 0.2) is 18.2 Å². The van der Waals surface area contributed by atoms with Gasteiger partial charge in [-0.15, -0.1) is 0 Å². The first-order valence-corrected chi connectivity index (χ1v) is 7.21. The van der Waals surface area contributed by atoms with E-state index < -0.39 is 22.5 Å². The number of aromatic carboxylic acids is 1. The Morgan fingerprint density at radius 3 is 2.43 bits per heavy atom. The number of nitrogens with zero attached hydrogens (tertiary/aromatic N) is 2. The van der Waals surface area contributed by atoms with Crippen LogP contribution in [-0.2, 0) is 4.74 Å². The topological polar surface area (TPSA) is 110 Å². The van der Waals surface area contributed by atoms with Crippen LogP contribution in [0.1, 0.15) is 40.5 Å². The van der Waals surface area contributed by atoms with E-state index in [4.69, 9.17) is 9.84 Å². The van der Waals surface area contributed by atoms with Gasteiger partial charge in [-0.2, -0.15) is 0 Å². The van der Waals surface area contributed by atoms with Gasteiger partial charge in [0, 0.05) is 37.9 Å². The second-order valence-corrected chi connectivity index (χ2v) is 4.97. The van der Waals surface area contributed by atoms with Crippen LogP contribution in [0.25, 0.3) is 0 Å². The van der Waals surface area contributed by atoms with Crippen LogP contribution in [0.3, 0.4) is 0 Å². The lowest BCUT2D eigenvalue weighted by molar-refractivity contribution is -0.384. The minimum atomic E-state index is -1.32. The lowest BCUT2D eigenvalue weighted by Crippen LogP contribution is -2.35. The number of nitro groups is 1. The highest BCUT2D eigenvalue weighted by Crippen LogP contribution is 2.19. The average Bonchev–Trinajstić information content (AvgIpc) is 2.53. The Morgan fingerprint density at radius 2 is 1.91 bits per heavy atom. The molecule has 23 heavy (non-hydrogen) atoms. The van der Waals surface area contributed by atoms with Crippen LogP contribution in [0.5, 0.6) is 0 Å². The molecule has 0 aromatic heterocycles. The number of benzene rings is 1. The molecule has 1 rings (SSSR count). The summed E-state index contributed by atoms with van der Waals surface area (Å²) in [7, 11) is 1.51. The van der Waals surface area contributed by atoms with Gasteiger partial charge in [0.1, 0.15) is 0 Å². The molecule has 1 amide bonds. The van der Waals surface area contributed by atoms with Crippen LogP contribution in [0.2, 0.25) is 0 Å². The number of hydrogen-bond donors (Lipinski definition) is 1. The Labute approximate surface area is 133 Å². The van der Waals surface area contributed by atoms with Gasteiger partial charge in [0.25, 0.3) is 11.6 Å². The molecule has 0 spiro atoms. The van der Waals surface area contributed by atoms with Crippen LogP contribution in [-0.4, -0.2) is 53.6 Å². The molecule has 0 aliphatic rings. The van der Waals surface area contributed by atoms with Gasteiger partial charge in [0.15, 0.2) is 0 Å². The fraction of sp³-hybridized carbons (Fsp3) is 0.467. The van der Waals surface area contributed by atoms with Crippen molar-refractivity contribution in [2.45, 2.75) is 19.8 Å². The van der Waals surface area contributed by atoms with Crippen molar-refractivity contribution in [1.29, 1.82) is 0 Å². The van der Waals surface area contributed by atoms with Crippen molar-refractivity contribution >= 4 is 17.6 Å². The lowest BCUT2D eigenvalue weighted by atomic mass is 10.1. The van der Waals surface area contributed by atoms with Gasteiger partial charge >= 0.3 is 5.97 Å². The summed E-state index contributed by atoms with van der Waals surface area (Å²) in [5, 5.41) is 20.0. The summed E-state index contributed by atoms with van der Waals surface area (Å²) >= 11 is 0. The summed E-state index contributed by atoms with van der Waals surface area (Å²) in [6.45, 7) is 3.12. The summed E-state index contributed by atoms with van der Waals surface area (Å²) in [6, 6.07) is 3.19. The zero-order chi connectivity index (χ0) is 17.4. The third-order valence-electron chi connectivity index (χ3n) is 3.26. The third kappa shape index (κ3) is 5.33. The van der Waals surface area contributed by atoms with E-state index in [9.17, 15) is 19.7 Å². The van der Waals surface area contributed by atoms with E-state index in [0.29, 0.717) is 19.7 Å². The van der Waals surface area contributed by atoms with Gasteiger partial charge in [0.2, 0.25) is 0 Å². The molecule has 0 saturated carbocycles. The molecular formula is C15H20N2O6. The average molecular weight is 324 g/mol. The Hall–Kier alpha value is -2.48. The zero-order valence-electron chi connectivity index (χ0n) is 13.2. The number of amides is 1. The monoisotopic (exact) mass is 324 g/mol. The number of non-ortho nitro benzene ring substituents is 1. The number of nitro benzene ring substituents is 1. The van der Waals surface area contributed by atoms with E-state index in [1.165, 1.54) is 12.0 Å². The van der Waals surface area contributed by atoms with Crippen molar-refractivity contribution in [2.75, 3.05) is 26.8 Å². The second-order valence-electron chi connectivity index (χ2n) is 4.97. The molecule has 8 heteroatoms. The molecule has 0 heterocycles. The molecular weight excluding hydrogens is 304 g/mol. The second kappa shape index (κ2) is 8.84. The molecule has 0 radical (unpaired) electrons. The summed E-state index contributed by atoms with van der Waals surface area (Å²) in [6.07, 6.45) is 1.66. The number of ether oxygens (including phenoxy) is 1. The molecule has 0 atom stereocenters. The number of carboxylic acids is 1. The molecule has 1 aromatic rings. The standard InChI is InChI=1S/C15H20N2O6/c1-3-4-5-16(6-7-23-2)14(18)11-8-12(15(19)20)10-13(9-11)17(21)22/h8-10H,3-7H2,1-2H3,(H,19,20). The fourth-order valence-electron chi connectivity index (χ4n) is 2.01. The zero-order valence-corrected chi connectivity index (χ0v) is 13.2. The van der Waals surface area contributed by atoms with Gasteiger partial charge in [-0.3, -0.25) is 14.9 Å². The first-order valence-electron chi connectivity index (χ1n) is 7.21. The molecule has 8 nitrogen and oxygen atoms in total. The first-order chi connectivity index (χ1) is 10.9. The van der Waals surface area contributed by atoms with E-state index >= 15 is 0 Å². The molecule has 1 aromatic carbocycles. The Morgan fingerprint density at radius 1 is 1.26 bits per heavy atom. The minimum Gasteiger partial charge on any atom is -0.478 e. The SMILES string of the molecule is CCCCN(CCOC)C(=O)c1cc(C(=O)O)cc([N+](=O)[O-])c1. The van der Waals surface area contributed by atoms with Crippen LogP contribution in [0, 0.1) is 10.1 Å². The smallest absolute Gasteiger partial charge is 0.335 e. The van der Waals surface area contributed by atoms with Gasteiger partial charge in [-0.25, -0.2) is 4.79 Å². The molecule has 0 aliphatic carbocycles. The highest BCUT2D eigenvalue weighted by atomic mass is 16.6. The predicted octanol–water partition coefficient (Wildman–Crippen LogP) is 2.18. The van der Waals surface area contributed by atoms with Crippen LogP contribution in [0.4, 0.5) is 5.69 Å². The first kappa shape index (κ1) is 18.6. The van der Waals surface area contributed by atoms with Gasteiger partial charge < -0.3 is 14.7 Å². The number of carbonyl (C=O) groups excluding carboxylic acids is 1. The summed E-state index contributed by atoms with van der Waals surface area (Å²) in [5.74, 6) is -1.76. The predicted molar refractivity (Wildman–Crippen MR) is 82.7 cm³/mol. The van der Waals surface area contributed by atoms with Crippen molar-refractivity contribution < 1.29 is 24.4 Å². The van der Waals surface area contributed by atoms with Crippen LogP contribution >= 0.6 is 0 Å². The lowest BCUT2D eigenvalue weighted by Gasteiger charge is -2.22. The highest BCUT2D eigenvalue weighted by molar-refractivity contribution is 5.98. The number of carboxylic acid groups (broad SMARTS) is 1. The number of carbonyl (C=O) groups is 2. The molecule has 0 aliphatic heterocycles. The fourth-order valence-corrected chi connectivity index (χ4v) is 2.01. The van der Waals surface area contributed by atoms with E-state index in [-0.39, 0.29) is 11.1 Å². The van der Waals surface area contributed by atoms with Crippen molar-refractivity contribution in [3.05, 3.63) is 39.4 Å². The van der Waals surface area contributed by atoms with Crippen molar-refractivity contribution in [3.63, 3.8) is 0 Å². The molecule has 0 unspecified atom stereocenters. The molecule has 0 fully saturated rings. The van der Waals surface area contributed by atoms with Gasteiger partial charge in [0.05, 0.1) is 17.1 Å². The molecule has 0 bridgehead atoms. The quantitative estimate of drug-likeness (QED) is 0.550. The van der Waals surface area contributed by atoms with E-state index in [0.717, 1.165) is 31.0 Å². The molecule has 126 valence electrons. The number of unbranched alkanes of at least 4 members (excludes halogenated alkanes) is 1. The Kier molecular flexibility index (Phi) is 7.14. The maximum atomic E-state index is 12.6. The highest BCUT2D eigenvalue weighted by Gasteiger charge is 2.21. The normalized spacial score (nSPS) is 10.3. The number of methoxy groups -OCH3 is 1. The largest absolute Gasteiger partial charge is 0.478 e. The van der Waals surface area contributed by atoms with E-state index in [2.05, 4.69) is 0 Å². The summed E-state index contributed by atoms with van der Waals surface area (Å²) in [5.41, 5.74) is -0.719.